The zero-order valence-corrected chi connectivity index (χ0v) is 14.0. The summed E-state index contributed by atoms with van der Waals surface area (Å²) in [7, 11) is 2.29. The average molecular weight is 338 g/mol. The average Bonchev–Trinajstić information content (AvgIpc) is 2.43. The molecule has 0 bridgehead atoms. The van der Waals surface area contributed by atoms with Crippen LogP contribution in [0.3, 0.4) is 0 Å². The van der Waals surface area contributed by atoms with Gasteiger partial charge in [-0.3, -0.25) is 0 Å². The fourth-order valence-electron chi connectivity index (χ4n) is 3.80. The Kier molecular flexibility index (Phi) is 3.95. The number of nitrogens with zero attached hydrogens (tertiary/aromatic N) is 2. The Morgan fingerprint density at radius 2 is 2.05 bits per heavy atom. The summed E-state index contributed by atoms with van der Waals surface area (Å²) in [4.78, 5) is 5.10. The van der Waals surface area contributed by atoms with Crippen LogP contribution >= 0.6 is 15.9 Å². The van der Waals surface area contributed by atoms with Crippen LogP contribution in [0, 0.1) is 12.8 Å². The summed E-state index contributed by atoms with van der Waals surface area (Å²) in [6.07, 6.45) is 3.99. The van der Waals surface area contributed by atoms with Crippen molar-refractivity contribution in [3.8, 4) is 0 Å². The Balaban J connectivity index is 1.81. The molecule has 20 heavy (non-hydrogen) atoms. The second-order valence-electron chi connectivity index (χ2n) is 6.35. The number of halogens is 1. The molecule has 3 rings (SSSR count). The highest BCUT2D eigenvalue weighted by atomic mass is 79.9. The summed E-state index contributed by atoms with van der Waals surface area (Å²) in [5.74, 6) is 0.812. The summed E-state index contributed by atoms with van der Waals surface area (Å²) in [6.45, 7) is 5.68. The van der Waals surface area contributed by atoms with Crippen LogP contribution in [0.2, 0.25) is 0 Å². The van der Waals surface area contributed by atoms with Gasteiger partial charge in [0, 0.05) is 29.3 Å². The molecule has 2 unspecified atom stereocenters. The Morgan fingerprint density at radius 1 is 1.25 bits per heavy atom. The number of fused-ring (bicyclic) bond motifs is 1. The minimum absolute atomic E-state index is 0.786. The molecule has 0 saturated carbocycles. The maximum atomic E-state index is 5.99. The third-order valence-electron chi connectivity index (χ3n) is 5.02. The molecule has 2 N–H and O–H groups in total. The highest BCUT2D eigenvalue weighted by Crippen LogP contribution is 2.36. The summed E-state index contributed by atoms with van der Waals surface area (Å²) in [6, 6.07) is 5.06. The predicted molar refractivity (Wildman–Crippen MR) is 89.3 cm³/mol. The number of anilines is 2. The first-order valence-corrected chi connectivity index (χ1v) is 8.36. The standard InChI is InChI=1S/C16H24BrN3/c1-11-8-16(13(17)9-14(11)18)20-7-5-15-12(10-20)4-3-6-19(15)2/h8-9,12,15H,3-7,10,18H2,1-2H3. The zero-order valence-electron chi connectivity index (χ0n) is 12.4. The van der Waals surface area contributed by atoms with Crippen molar-refractivity contribution in [3.05, 3.63) is 22.2 Å². The molecule has 4 heteroatoms. The summed E-state index contributed by atoms with van der Waals surface area (Å²) in [5.41, 5.74) is 9.34. The van der Waals surface area contributed by atoms with Gasteiger partial charge in [-0.25, -0.2) is 0 Å². The number of likely N-dealkylation sites (tertiary alicyclic amines) is 1. The lowest BCUT2D eigenvalue weighted by Crippen LogP contribution is -2.52. The summed E-state index contributed by atoms with van der Waals surface area (Å²) in [5, 5.41) is 0. The van der Waals surface area contributed by atoms with E-state index in [0.717, 1.165) is 28.7 Å². The van der Waals surface area contributed by atoms with Crippen molar-refractivity contribution in [2.75, 3.05) is 37.3 Å². The molecule has 1 aromatic carbocycles. The third-order valence-corrected chi connectivity index (χ3v) is 5.66. The Bertz CT molecular complexity index is 503. The van der Waals surface area contributed by atoms with E-state index in [1.807, 2.05) is 6.07 Å². The normalized spacial score (nSPS) is 27.4. The quantitative estimate of drug-likeness (QED) is 0.798. The minimum Gasteiger partial charge on any atom is -0.398 e. The first-order valence-electron chi connectivity index (χ1n) is 7.57. The molecule has 110 valence electrons. The van der Waals surface area contributed by atoms with Crippen LogP contribution in [0.5, 0.6) is 0 Å². The van der Waals surface area contributed by atoms with Crippen molar-refractivity contribution in [3.63, 3.8) is 0 Å². The van der Waals surface area contributed by atoms with Gasteiger partial charge in [0.25, 0.3) is 0 Å². The fraction of sp³-hybridized carbons (Fsp3) is 0.625. The number of piperidine rings is 2. The van der Waals surface area contributed by atoms with E-state index in [0.29, 0.717) is 0 Å². The van der Waals surface area contributed by atoms with Gasteiger partial charge in [0.05, 0.1) is 5.69 Å². The smallest absolute Gasteiger partial charge is 0.0514 e. The largest absolute Gasteiger partial charge is 0.398 e. The van der Waals surface area contributed by atoms with E-state index >= 15 is 0 Å². The number of benzene rings is 1. The zero-order chi connectivity index (χ0) is 14.3. The maximum absolute atomic E-state index is 5.99. The Labute approximate surface area is 130 Å². The van der Waals surface area contributed by atoms with Crippen molar-refractivity contribution in [2.45, 2.75) is 32.2 Å². The van der Waals surface area contributed by atoms with Crippen molar-refractivity contribution in [1.82, 2.24) is 4.90 Å². The number of rotatable bonds is 1. The second-order valence-corrected chi connectivity index (χ2v) is 7.20. The SMILES string of the molecule is Cc1cc(N2CCC3C(CCCN3C)C2)c(Br)cc1N. The molecule has 2 saturated heterocycles. The first kappa shape index (κ1) is 14.2. The van der Waals surface area contributed by atoms with Crippen molar-refractivity contribution < 1.29 is 0 Å². The van der Waals surface area contributed by atoms with E-state index in [4.69, 9.17) is 5.73 Å². The molecule has 2 aliphatic rings. The van der Waals surface area contributed by atoms with Gasteiger partial charge in [0.1, 0.15) is 0 Å². The van der Waals surface area contributed by atoms with Crippen LogP contribution in [0.4, 0.5) is 11.4 Å². The van der Waals surface area contributed by atoms with Gasteiger partial charge in [-0.05, 0) is 79.3 Å². The highest BCUT2D eigenvalue weighted by molar-refractivity contribution is 9.10. The van der Waals surface area contributed by atoms with Gasteiger partial charge in [0.2, 0.25) is 0 Å². The molecule has 0 aromatic heterocycles. The first-order chi connectivity index (χ1) is 9.56. The van der Waals surface area contributed by atoms with Crippen LogP contribution < -0.4 is 10.6 Å². The van der Waals surface area contributed by atoms with Gasteiger partial charge in [-0.15, -0.1) is 0 Å². The number of hydrogen-bond acceptors (Lipinski definition) is 3. The molecule has 0 aliphatic carbocycles. The van der Waals surface area contributed by atoms with Crippen LogP contribution in [0.1, 0.15) is 24.8 Å². The van der Waals surface area contributed by atoms with Gasteiger partial charge in [-0.1, -0.05) is 0 Å². The van der Waals surface area contributed by atoms with Gasteiger partial charge in [0.15, 0.2) is 0 Å². The monoisotopic (exact) mass is 337 g/mol. The second kappa shape index (κ2) is 5.57. The van der Waals surface area contributed by atoms with Crippen LogP contribution in [0.15, 0.2) is 16.6 Å². The maximum Gasteiger partial charge on any atom is 0.0514 e. The van der Waals surface area contributed by atoms with E-state index in [9.17, 15) is 0 Å². The molecular weight excluding hydrogens is 314 g/mol. The molecule has 0 spiro atoms. The number of nitrogens with two attached hydrogens (primary N) is 1. The van der Waals surface area contributed by atoms with Gasteiger partial charge < -0.3 is 15.5 Å². The molecule has 2 aliphatic heterocycles. The van der Waals surface area contributed by atoms with Crippen LogP contribution in [-0.4, -0.2) is 37.6 Å². The summed E-state index contributed by atoms with van der Waals surface area (Å²) < 4.78 is 1.13. The van der Waals surface area contributed by atoms with E-state index in [1.165, 1.54) is 43.6 Å². The Morgan fingerprint density at radius 3 is 2.85 bits per heavy atom. The van der Waals surface area contributed by atoms with Crippen LogP contribution in [0.25, 0.3) is 0 Å². The molecule has 0 radical (unpaired) electrons. The summed E-state index contributed by atoms with van der Waals surface area (Å²) >= 11 is 3.68. The number of aryl methyl sites for hydroxylation is 1. The van der Waals surface area contributed by atoms with Gasteiger partial charge in [-0.2, -0.15) is 0 Å². The lowest BCUT2D eigenvalue weighted by atomic mass is 9.84. The molecule has 2 heterocycles. The minimum atomic E-state index is 0.786. The van der Waals surface area contributed by atoms with Crippen molar-refractivity contribution in [2.24, 2.45) is 5.92 Å². The highest BCUT2D eigenvalue weighted by Gasteiger charge is 2.34. The van der Waals surface area contributed by atoms with Crippen molar-refractivity contribution >= 4 is 27.3 Å². The van der Waals surface area contributed by atoms with E-state index in [-0.39, 0.29) is 0 Å². The lowest BCUT2D eigenvalue weighted by molar-refractivity contribution is 0.102. The molecule has 3 nitrogen and oxygen atoms in total. The Hall–Kier alpha value is -0.740. The van der Waals surface area contributed by atoms with Crippen molar-refractivity contribution in [1.29, 1.82) is 0 Å². The predicted octanol–water partition coefficient (Wildman–Crippen LogP) is 3.26. The number of nitrogen functional groups attached to an aromatic ring is 1. The molecule has 2 atom stereocenters. The molecule has 2 fully saturated rings. The van der Waals surface area contributed by atoms with E-state index in [1.54, 1.807) is 0 Å². The van der Waals surface area contributed by atoms with E-state index < -0.39 is 0 Å². The molecule has 1 aromatic rings. The third kappa shape index (κ3) is 2.56. The van der Waals surface area contributed by atoms with Gasteiger partial charge >= 0.3 is 0 Å². The topological polar surface area (TPSA) is 32.5 Å². The molecular formula is C16H24BrN3. The van der Waals surface area contributed by atoms with E-state index in [2.05, 4.69) is 45.8 Å². The molecule has 0 amide bonds. The van der Waals surface area contributed by atoms with Crippen LogP contribution in [-0.2, 0) is 0 Å². The fourth-order valence-corrected chi connectivity index (χ4v) is 4.41. The lowest BCUT2D eigenvalue weighted by Gasteiger charge is -2.47. The number of hydrogen-bond donors (Lipinski definition) is 1.